The summed E-state index contributed by atoms with van der Waals surface area (Å²) in [6.45, 7) is 9.47. The Labute approximate surface area is 105 Å². The maximum atomic E-state index is 11.6. The zero-order chi connectivity index (χ0) is 13.0. The fourth-order valence-corrected chi connectivity index (χ4v) is 2.48. The molecule has 1 saturated heterocycles. The number of piperazine rings is 1. The zero-order valence-electron chi connectivity index (χ0n) is 11.8. The van der Waals surface area contributed by atoms with Gasteiger partial charge in [-0.3, -0.25) is 9.69 Å². The molecular weight excluding hydrogens is 216 g/mol. The molecule has 0 saturated carbocycles. The summed E-state index contributed by atoms with van der Waals surface area (Å²) in [5.41, 5.74) is 0. The van der Waals surface area contributed by atoms with Gasteiger partial charge in [-0.1, -0.05) is 13.8 Å². The van der Waals surface area contributed by atoms with Crippen molar-refractivity contribution in [2.24, 2.45) is 5.92 Å². The third-order valence-corrected chi connectivity index (χ3v) is 4.15. The van der Waals surface area contributed by atoms with Gasteiger partial charge >= 0.3 is 5.97 Å². The lowest BCUT2D eigenvalue weighted by molar-refractivity contribution is -0.147. The van der Waals surface area contributed by atoms with Gasteiger partial charge in [0, 0.05) is 31.7 Å². The number of hydrogen-bond acceptors (Lipinski definition) is 4. The van der Waals surface area contributed by atoms with Gasteiger partial charge in [0.05, 0.1) is 13.0 Å². The van der Waals surface area contributed by atoms with Crippen molar-refractivity contribution in [3.8, 4) is 0 Å². The fraction of sp³-hybridized carbons (Fsp3) is 0.923. The lowest BCUT2D eigenvalue weighted by Gasteiger charge is -2.43. The van der Waals surface area contributed by atoms with E-state index in [1.54, 1.807) is 0 Å². The van der Waals surface area contributed by atoms with Gasteiger partial charge in [0.15, 0.2) is 0 Å². The number of carbonyl (C=O) groups is 1. The topological polar surface area (TPSA) is 32.8 Å². The van der Waals surface area contributed by atoms with Crippen molar-refractivity contribution < 1.29 is 9.53 Å². The molecule has 1 aliphatic heterocycles. The number of esters is 1. The Kier molecular flexibility index (Phi) is 5.40. The average Bonchev–Trinajstić information content (AvgIpc) is 2.36. The molecule has 0 spiro atoms. The van der Waals surface area contributed by atoms with E-state index in [4.69, 9.17) is 4.74 Å². The number of likely N-dealkylation sites (N-methyl/N-ethyl adjacent to an activating group) is 1. The molecule has 1 rings (SSSR count). The number of methoxy groups -OCH3 is 1. The zero-order valence-corrected chi connectivity index (χ0v) is 11.8. The van der Waals surface area contributed by atoms with E-state index in [-0.39, 0.29) is 17.9 Å². The van der Waals surface area contributed by atoms with Gasteiger partial charge in [-0.2, -0.15) is 0 Å². The summed E-state index contributed by atoms with van der Waals surface area (Å²) in [6.07, 6.45) is 1.16. The summed E-state index contributed by atoms with van der Waals surface area (Å²) in [6, 6.07) is 0.862. The molecular formula is C13H26N2O2. The first-order chi connectivity index (χ1) is 8.01. The van der Waals surface area contributed by atoms with E-state index in [9.17, 15) is 4.79 Å². The van der Waals surface area contributed by atoms with Gasteiger partial charge in [0.1, 0.15) is 0 Å². The summed E-state index contributed by atoms with van der Waals surface area (Å²) < 4.78 is 4.82. The second kappa shape index (κ2) is 6.36. The Morgan fingerprint density at radius 2 is 2.06 bits per heavy atom. The molecule has 0 aromatic rings. The Balaban J connectivity index is 2.58. The summed E-state index contributed by atoms with van der Waals surface area (Å²) in [7, 11) is 3.64. The number of rotatable bonds is 4. The van der Waals surface area contributed by atoms with Crippen LogP contribution in [0.5, 0.6) is 0 Å². The summed E-state index contributed by atoms with van der Waals surface area (Å²) in [5, 5.41) is 0. The van der Waals surface area contributed by atoms with E-state index in [1.807, 2.05) is 6.92 Å². The highest BCUT2D eigenvalue weighted by Gasteiger charge is 2.31. The van der Waals surface area contributed by atoms with Crippen molar-refractivity contribution in [3.05, 3.63) is 0 Å². The molecule has 1 fully saturated rings. The quantitative estimate of drug-likeness (QED) is 0.694. The highest BCUT2D eigenvalue weighted by Crippen LogP contribution is 2.18. The van der Waals surface area contributed by atoms with E-state index in [2.05, 4.69) is 30.7 Å². The van der Waals surface area contributed by atoms with Crippen LogP contribution in [0.15, 0.2) is 0 Å². The normalized spacial score (nSPS) is 26.5. The second-order valence-corrected chi connectivity index (χ2v) is 5.09. The van der Waals surface area contributed by atoms with Crippen LogP contribution in [0.3, 0.4) is 0 Å². The van der Waals surface area contributed by atoms with Crippen LogP contribution in [0.2, 0.25) is 0 Å². The van der Waals surface area contributed by atoms with Crippen LogP contribution in [0.25, 0.3) is 0 Å². The minimum atomic E-state index is -0.107. The van der Waals surface area contributed by atoms with Crippen LogP contribution in [-0.4, -0.2) is 61.6 Å². The molecule has 0 amide bonds. The number of carbonyl (C=O) groups excluding carboxylic acids is 1. The van der Waals surface area contributed by atoms with E-state index in [1.165, 1.54) is 7.11 Å². The first-order valence-electron chi connectivity index (χ1n) is 6.53. The second-order valence-electron chi connectivity index (χ2n) is 5.09. The van der Waals surface area contributed by atoms with Gasteiger partial charge in [-0.25, -0.2) is 0 Å². The molecule has 4 nitrogen and oxygen atoms in total. The molecule has 0 bridgehead atoms. The van der Waals surface area contributed by atoms with E-state index >= 15 is 0 Å². The van der Waals surface area contributed by atoms with Crippen LogP contribution >= 0.6 is 0 Å². The third kappa shape index (κ3) is 3.42. The molecule has 17 heavy (non-hydrogen) atoms. The Bertz CT molecular complexity index is 258. The minimum absolute atomic E-state index is 0.0547. The molecule has 1 aliphatic rings. The molecule has 100 valence electrons. The summed E-state index contributed by atoms with van der Waals surface area (Å²) >= 11 is 0. The fourth-order valence-electron chi connectivity index (χ4n) is 2.48. The minimum Gasteiger partial charge on any atom is -0.469 e. The van der Waals surface area contributed by atoms with Crippen molar-refractivity contribution >= 4 is 5.97 Å². The third-order valence-electron chi connectivity index (χ3n) is 4.15. The predicted octanol–water partition coefficient (Wildman–Crippen LogP) is 1.21. The lowest BCUT2D eigenvalue weighted by Crippen LogP contribution is -2.55. The van der Waals surface area contributed by atoms with Gasteiger partial charge in [0.25, 0.3) is 0 Å². The number of ether oxygens (including phenoxy) is 1. The molecule has 0 aromatic carbocycles. The van der Waals surface area contributed by atoms with Crippen molar-refractivity contribution in [3.63, 3.8) is 0 Å². The van der Waals surface area contributed by atoms with Crippen LogP contribution < -0.4 is 0 Å². The predicted molar refractivity (Wildman–Crippen MR) is 68.9 cm³/mol. The summed E-state index contributed by atoms with van der Waals surface area (Å²) in [4.78, 5) is 16.4. The standard InChI is InChI=1S/C13H26N2O2/c1-6-12-9-15(8-7-14(12)4)11(3)10(2)13(16)17-5/h10-12H,6-9H2,1-5H3. The average molecular weight is 242 g/mol. The molecule has 0 aromatic heterocycles. The molecule has 0 aliphatic carbocycles. The van der Waals surface area contributed by atoms with Gasteiger partial charge in [-0.05, 0) is 20.4 Å². The Morgan fingerprint density at radius 1 is 1.41 bits per heavy atom. The van der Waals surface area contributed by atoms with Crippen molar-refractivity contribution in [2.75, 3.05) is 33.8 Å². The van der Waals surface area contributed by atoms with Crippen molar-refractivity contribution in [1.29, 1.82) is 0 Å². The highest BCUT2D eigenvalue weighted by atomic mass is 16.5. The summed E-state index contributed by atoms with van der Waals surface area (Å²) in [5.74, 6) is -0.162. The largest absolute Gasteiger partial charge is 0.469 e. The highest BCUT2D eigenvalue weighted by molar-refractivity contribution is 5.72. The first kappa shape index (κ1) is 14.5. The first-order valence-corrected chi connectivity index (χ1v) is 6.53. The molecule has 0 N–H and O–H groups in total. The number of nitrogens with zero attached hydrogens (tertiary/aromatic N) is 2. The van der Waals surface area contributed by atoms with Crippen LogP contribution in [-0.2, 0) is 9.53 Å². The molecule has 4 heteroatoms. The van der Waals surface area contributed by atoms with Crippen molar-refractivity contribution in [1.82, 2.24) is 9.80 Å². The smallest absolute Gasteiger partial charge is 0.309 e. The molecule has 0 radical (unpaired) electrons. The monoisotopic (exact) mass is 242 g/mol. The lowest BCUT2D eigenvalue weighted by atomic mass is 9.99. The molecule has 3 atom stereocenters. The Morgan fingerprint density at radius 3 is 2.59 bits per heavy atom. The van der Waals surface area contributed by atoms with Gasteiger partial charge in [0.2, 0.25) is 0 Å². The maximum Gasteiger partial charge on any atom is 0.309 e. The van der Waals surface area contributed by atoms with Gasteiger partial charge in [-0.15, -0.1) is 0 Å². The van der Waals surface area contributed by atoms with Gasteiger partial charge < -0.3 is 9.64 Å². The van der Waals surface area contributed by atoms with Crippen LogP contribution in [0.1, 0.15) is 27.2 Å². The maximum absolute atomic E-state index is 11.6. The Hall–Kier alpha value is -0.610. The molecule has 1 heterocycles. The van der Waals surface area contributed by atoms with Crippen LogP contribution in [0.4, 0.5) is 0 Å². The van der Waals surface area contributed by atoms with E-state index in [0.717, 1.165) is 26.1 Å². The van der Waals surface area contributed by atoms with E-state index in [0.29, 0.717) is 6.04 Å². The number of hydrogen-bond donors (Lipinski definition) is 0. The van der Waals surface area contributed by atoms with Crippen molar-refractivity contribution in [2.45, 2.75) is 39.3 Å². The van der Waals surface area contributed by atoms with E-state index < -0.39 is 0 Å². The SMILES string of the molecule is CCC1CN(C(C)C(C)C(=O)OC)CCN1C. The molecule has 3 unspecified atom stereocenters. The van der Waals surface area contributed by atoms with Crippen LogP contribution in [0, 0.1) is 5.92 Å².